The smallest absolute Gasteiger partial charge is 0.264 e. The largest absolute Gasteiger partial charge is 0.294 e. The van der Waals surface area contributed by atoms with Gasteiger partial charge in [-0.25, -0.2) is 8.42 Å². The fraction of sp³-hybridized carbons (Fsp3) is 0.211. The van der Waals surface area contributed by atoms with E-state index in [-0.39, 0.29) is 17.2 Å². The number of sulfonamides is 1. The van der Waals surface area contributed by atoms with Crippen molar-refractivity contribution in [2.45, 2.75) is 23.7 Å². The molecule has 128 valence electrons. The molecule has 0 aromatic heterocycles. The number of allylic oxidation sites excluding steroid dienone is 2. The lowest BCUT2D eigenvalue weighted by Crippen LogP contribution is -2.39. The van der Waals surface area contributed by atoms with E-state index in [1.54, 1.807) is 48.5 Å². The lowest BCUT2D eigenvalue weighted by Gasteiger charge is -2.24. The van der Waals surface area contributed by atoms with Crippen molar-refractivity contribution in [3.63, 3.8) is 0 Å². The number of halogens is 1. The molecular formula is C19H16ClNO3S. The van der Waals surface area contributed by atoms with Crippen LogP contribution in [0.2, 0.25) is 5.02 Å². The molecule has 0 unspecified atom stereocenters. The first kappa shape index (κ1) is 16.4. The second kappa shape index (κ2) is 5.44. The van der Waals surface area contributed by atoms with Crippen LogP contribution >= 0.6 is 11.6 Å². The van der Waals surface area contributed by atoms with Gasteiger partial charge in [0.1, 0.15) is 0 Å². The first-order valence-electron chi connectivity index (χ1n) is 7.95. The molecule has 2 aliphatic rings. The van der Waals surface area contributed by atoms with Crippen LogP contribution in [0.3, 0.4) is 0 Å². The molecule has 1 atom stereocenters. The zero-order chi connectivity index (χ0) is 17.8. The van der Waals surface area contributed by atoms with Gasteiger partial charge >= 0.3 is 0 Å². The molecule has 6 heteroatoms. The van der Waals surface area contributed by atoms with E-state index in [1.807, 2.05) is 6.92 Å². The summed E-state index contributed by atoms with van der Waals surface area (Å²) >= 11 is 6.13. The summed E-state index contributed by atoms with van der Waals surface area (Å²) in [5.41, 5.74) is 1.34. The summed E-state index contributed by atoms with van der Waals surface area (Å²) in [4.78, 5) is 12.8. The van der Waals surface area contributed by atoms with Crippen LogP contribution < -0.4 is 4.31 Å². The summed E-state index contributed by atoms with van der Waals surface area (Å²) in [5, 5.41) is 0.493. The van der Waals surface area contributed by atoms with Crippen molar-refractivity contribution < 1.29 is 13.2 Å². The first-order chi connectivity index (χ1) is 11.8. The van der Waals surface area contributed by atoms with Crippen molar-refractivity contribution in [1.29, 1.82) is 0 Å². The summed E-state index contributed by atoms with van der Waals surface area (Å²) in [6.07, 6.45) is 3.82. The number of rotatable bonds is 2. The van der Waals surface area contributed by atoms with Crippen molar-refractivity contribution in [3.05, 3.63) is 70.8 Å². The van der Waals surface area contributed by atoms with E-state index in [2.05, 4.69) is 0 Å². The van der Waals surface area contributed by atoms with Gasteiger partial charge in [0.2, 0.25) is 0 Å². The third kappa shape index (κ3) is 2.34. The fourth-order valence-corrected chi connectivity index (χ4v) is 5.30. The summed E-state index contributed by atoms with van der Waals surface area (Å²) in [6.45, 7) is 2.01. The van der Waals surface area contributed by atoms with Crippen LogP contribution in [0.15, 0.2) is 59.5 Å². The second-order valence-corrected chi connectivity index (χ2v) is 8.84. The molecular weight excluding hydrogens is 358 g/mol. The third-order valence-electron chi connectivity index (χ3n) is 4.97. The standard InChI is InChI=1S/C19H16ClNO3S/c1-13-4-7-15(8-5-13)25(23,24)21-12-19(10-2-3-18(19)22)16-11-14(20)6-9-17(16)21/h2-9,11H,10,12H2,1H3/t19-/m1/s1. The normalized spacial score (nSPS) is 22.0. The Hall–Kier alpha value is -2.11. The number of hydrogen-bond acceptors (Lipinski definition) is 3. The minimum absolute atomic E-state index is 0.0716. The van der Waals surface area contributed by atoms with Crippen LogP contribution in [0.4, 0.5) is 5.69 Å². The monoisotopic (exact) mass is 373 g/mol. The van der Waals surface area contributed by atoms with Gasteiger partial charge in [0, 0.05) is 5.02 Å². The average Bonchev–Trinajstić information content (AvgIpc) is 3.11. The van der Waals surface area contributed by atoms with E-state index in [1.165, 1.54) is 10.4 Å². The lowest BCUT2D eigenvalue weighted by atomic mass is 9.79. The van der Waals surface area contributed by atoms with Crippen LogP contribution in [0, 0.1) is 6.92 Å². The van der Waals surface area contributed by atoms with Crippen LogP contribution in [0.1, 0.15) is 17.5 Å². The van der Waals surface area contributed by atoms with Gasteiger partial charge in [-0.1, -0.05) is 35.4 Å². The molecule has 0 saturated heterocycles. The molecule has 0 amide bonds. The Balaban J connectivity index is 1.88. The number of ketones is 1. The van der Waals surface area contributed by atoms with Crippen molar-refractivity contribution in [2.75, 3.05) is 10.8 Å². The molecule has 25 heavy (non-hydrogen) atoms. The highest BCUT2D eigenvalue weighted by molar-refractivity contribution is 7.92. The van der Waals surface area contributed by atoms with E-state index in [4.69, 9.17) is 11.6 Å². The molecule has 1 spiro atoms. The van der Waals surface area contributed by atoms with Gasteiger partial charge in [-0.3, -0.25) is 9.10 Å². The van der Waals surface area contributed by atoms with Crippen LogP contribution in [-0.2, 0) is 20.2 Å². The van der Waals surface area contributed by atoms with Gasteiger partial charge in [0.15, 0.2) is 5.78 Å². The van der Waals surface area contributed by atoms with Gasteiger partial charge in [-0.2, -0.15) is 0 Å². The molecule has 0 radical (unpaired) electrons. The molecule has 0 N–H and O–H groups in total. The minimum Gasteiger partial charge on any atom is -0.294 e. The number of benzene rings is 2. The maximum Gasteiger partial charge on any atom is 0.264 e. The zero-order valence-electron chi connectivity index (χ0n) is 13.6. The number of aryl methyl sites for hydroxylation is 1. The van der Waals surface area contributed by atoms with Gasteiger partial charge in [0.25, 0.3) is 10.0 Å². The maximum atomic E-state index is 13.2. The van der Waals surface area contributed by atoms with Crippen molar-refractivity contribution >= 4 is 33.1 Å². The summed E-state index contributed by atoms with van der Waals surface area (Å²) in [6, 6.07) is 11.8. The number of hydrogen-bond donors (Lipinski definition) is 0. The van der Waals surface area contributed by atoms with E-state index < -0.39 is 15.4 Å². The highest BCUT2D eigenvalue weighted by Crippen LogP contribution is 2.49. The van der Waals surface area contributed by atoms with Crippen LogP contribution in [0.25, 0.3) is 0 Å². The molecule has 0 bridgehead atoms. The molecule has 1 aliphatic carbocycles. The van der Waals surface area contributed by atoms with Gasteiger partial charge < -0.3 is 0 Å². The molecule has 4 nitrogen and oxygen atoms in total. The predicted octanol–water partition coefficient (Wildman–Crippen LogP) is 3.62. The molecule has 2 aromatic carbocycles. The molecule has 1 aliphatic heterocycles. The minimum atomic E-state index is -3.76. The average molecular weight is 374 g/mol. The van der Waals surface area contributed by atoms with Crippen molar-refractivity contribution in [2.24, 2.45) is 0 Å². The number of anilines is 1. The van der Waals surface area contributed by atoms with Crippen LogP contribution in [-0.4, -0.2) is 20.7 Å². The second-order valence-electron chi connectivity index (χ2n) is 6.54. The summed E-state index contributed by atoms with van der Waals surface area (Å²) < 4.78 is 27.7. The number of fused-ring (bicyclic) bond motifs is 2. The van der Waals surface area contributed by atoms with Gasteiger partial charge in [-0.05, 0) is 55.3 Å². The SMILES string of the molecule is Cc1ccc(S(=O)(=O)N2C[C@]3(CC=CC3=O)c3cc(Cl)ccc32)cc1. The quantitative estimate of drug-likeness (QED) is 0.807. The van der Waals surface area contributed by atoms with Gasteiger partial charge in [-0.15, -0.1) is 0 Å². The van der Waals surface area contributed by atoms with E-state index >= 15 is 0 Å². The predicted molar refractivity (Wildman–Crippen MR) is 97.6 cm³/mol. The Morgan fingerprint density at radius 2 is 1.84 bits per heavy atom. The number of nitrogens with zero attached hydrogens (tertiary/aromatic N) is 1. The maximum absolute atomic E-state index is 13.2. The topological polar surface area (TPSA) is 54.5 Å². The molecule has 2 aromatic rings. The molecule has 1 heterocycles. The van der Waals surface area contributed by atoms with Gasteiger partial charge in [0.05, 0.1) is 22.5 Å². The van der Waals surface area contributed by atoms with Crippen molar-refractivity contribution in [1.82, 2.24) is 0 Å². The lowest BCUT2D eigenvalue weighted by molar-refractivity contribution is -0.118. The fourth-order valence-electron chi connectivity index (χ4n) is 3.59. The Morgan fingerprint density at radius 1 is 1.12 bits per heavy atom. The highest BCUT2D eigenvalue weighted by Gasteiger charge is 2.51. The van der Waals surface area contributed by atoms with E-state index in [0.29, 0.717) is 22.7 Å². The molecule has 0 saturated carbocycles. The third-order valence-corrected chi connectivity index (χ3v) is 6.98. The molecule has 0 fully saturated rings. The van der Waals surface area contributed by atoms with E-state index in [9.17, 15) is 13.2 Å². The Morgan fingerprint density at radius 3 is 2.48 bits per heavy atom. The first-order valence-corrected chi connectivity index (χ1v) is 9.77. The Bertz CT molecular complexity index is 1010. The number of carbonyl (C=O) groups excluding carboxylic acids is 1. The van der Waals surface area contributed by atoms with Crippen molar-refractivity contribution in [3.8, 4) is 0 Å². The summed E-state index contributed by atoms with van der Waals surface area (Å²) in [5.74, 6) is -0.0716. The Kier molecular flexibility index (Phi) is 3.56. The zero-order valence-corrected chi connectivity index (χ0v) is 15.1. The van der Waals surface area contributed by atoms with Crippen LogP contribution in [0.5, 0.6) is 0 Å². The molecule has 4 rings (SSSR count). The Labute approximate surface area is 151 Å². The summed E-state index contributed by atoms with van der Waals surface area (Å²) in [7, 11) is -3.76. The highest BCUT2D eigenvalue weighted by atomic mass is 35.5. The van der Waals surface area contributed by atoms with E-state index in [0.717, 1.165) is 5.56 Å². The number of carbonyl (C=O) groups is 1.